The van der Waals surface area contributed by atoms with E-state index in [1.807, 2.05) is 49.4 Å². The number of aryl methyl sites for hydroxylation is 1. The van der Waals surface area contributed by atoms with E-state index in [1.165, 1.54) is 0 Å². The highest BCUT2D eigenvalue weighted by atomic mass is 35.5. The van der Waals surface area contributed by atoms with E-state index in [0.717, 1.165) is 22.3 Å². The Labute approximate surface area is 202 Å². The third kappa shape index (κ3) is 4.80. The van der Waals surface area contributed by atoms with Crippen LogP contribution in [0.4, 0.5) is 5.69 Å². The summed E-state index contributed by atoms with van der Waals surface area (Å²) in [5, 5.41) is 3.46. The molecule has 0 aliphatic heterocycles. The van der Waals surface area contributed by atoms with Gasteiger partial charge in [0.05, 0.1) is 0 Å². The van der Waals surface area contributed by atoms with Crippen molar-refractivity contribution >= 4 is 34.3 Å². The van der Waals surface area contributed by atoms with Gasteiger partial charge in [0.2, 0.25) is 5.89 Å². The van der Waals surface area contributed by atoms with Crippen LogP contribution in [-0.2, 0) is 4.79 Å². The molecule has 168 valence electrons. The van der Waals surface area contributed by atoms with Gasteiger partial charge >= 0.3 is 0 Å². The van der Waals surface area contributed by atoms with Crippen LogP contribution in [0.2, 0.25) is 5.02 Å². The molecule has 0 unspecified atom stereocenters. The van der Waals surface area contributed by atoms with Crippen molar-refractivity contribution in [3.8, 4) is 28.3 Å². The van der Waals surface area contributed by atoms with Gasteiger partial charge in [-0.2, -0.15) is 0 Å². The number of ether oxygens (including phenoxy) is 1. The van der Waals surface area contributed by atoms with Crippen LogP contribution in [0.3, 0.4) is 0 Å². The third-order valence-electron chi connectivity index (χ3n) is 5.41. The average Bonchev–Trinajstić information content (AvgIpc) is 3.28. The first-order valence-electron chi connectivity index (χ1n) is 10.8. The van der Waals surface area contributed by atoms with Gasteiger partial charge in [-0.05, 0) is 72.1 Å². The fourth-order valence-electron chi connectivity index (χ4n) is 3.68. The Morgan fingerprint density at radius 1 is 0.912 bits per heavy atom. The standard InChI is InChI=1S/C28H21ClN2O3/c1-18-15-22(29)11-13-25(18)33-17-27(32)30-23-12-14-26-24(16-23)31-28(34-26)21-9-7-20(8-10-21)19-5-3-2-4-6-19/h2-16H,17H2,1H3,(H,30,32). The lowest BCUT2D eigenvalue weighted by Gasteiger charge is -2.09. The summed E-state index contributed by atoms with van der Waals surface area (Å²) in [6.45, 7) is 1.77. The Balaban J connectivity index is 1.27. The van der Waals surface area contributed by atoms with Crippen molar-refractivity contribution in [1.82, 2.24) is 4.98 Å². The number of halogens is 1. The van der Waals surface area contributed by atoms with Crippen molar-refractivity contribution in [3.63, 3.8) is 0 Å². The Kier molecular flexibility index (Phi) is 6.02. The number of oxazole rings is 1. The maximum absolute atomic E-state index is 12.4. The summed E-state index contributed by atoms with van der Waals surface area (Å²) in [7, 11) is 0. The van der Waals surface area contributed by atoms with E-state index in [9.17, 15) is 4.79 Å². The van der Waals surface area contributed by atoms with Gasteiger partial charge in [-0.15, -0.1) is 0 Å². The quantitative estimate of drug-likeness (QED) is 0.287. The molecular weight excluding hydrogens is 448 g/mol. The van der Waals surface area contributed by atoms with Crippen molar-refractivity contribution < 1.29 is 13.9 Å². The van der Waals surface area contributed by atoms with Gasteiger partial charge in [-0.1, -0.05) is 54.1 Å². The number of fused-ring (bicyclic) bond motifs is 1. The summed E-state index contributed by atoms with van der Waals surface area (Å²) in [5.74, 6) is 0.878. The number of amides is 1. The molecule has 0 atom stereocenters. The molecule has 0 saturated heterocycles. The molecule has 34 heavy (non-hydrogen) atoms. The number of nitrogens with zero attached hydrogens (tertiary/aromatic N) is 1. The second kappa shape index (κ2) is 9.41. The molecule has 0 radical (unpaired) electrons. The number of aromatic nitrogens is 1. The van der Waals surface area contributed by atoms with Crippen LogP contribution in [-0.4, -0.2) is 17.5 Å². The molecule has 5 rings (SSSR count). The smallest absolute Gasteiger partial charge is 0.262 e. The first kappa shape index (κ1) is 21.7. The average molecular weight is 469 g/mol. The lowest BCUT2D eigenvalue weighted by atomic mass is 10.0. The fourth-order valence-corrected chi connectivity index (χ4v) is 3.91. The summed E-state index contributed by atoms with van der Waals surface area (Å²) in [4.78, 5) is 17.0. The van der Waals surface area contributed by atoms with Gasteiger partial charge in [-0.3, -0.25) is 4.79 Å². The minimum Gasteiger partial charge on any atom is -0.483 e. The van der Waals surface area contributed by atoms with E-state index < -0.39 is 0 Å². The Morgan fingerprint density at radius 3 is 2.41 bits per heavy atom. The van der Waals surface area contributed by atoms with Crippen molar-refractivity contribution in [2.75, 3.05) is 11.9 Å². The van der Waals surface area contributed by atoms with Gasteiger partial charge in [0.25, 0.3) is 5.91 Å². The number of nitrogens with one attached hydrogen (secondary N) is 1. The van der Waals surface area contributed by atoms with Crippen LogP contribution < -0.4 is 10.1 Å². The molecule has 0 aliphatic carbocycles. The summed E-state index contributed by atoms with van der Waals surface area (Å²) in [6.07, 6.45) is 0. The van der Waals surface area contributed by atoms with Gasteiger partial charge in [0.15, 0.2) is 12.2 Å². The van der Waals surface area contributed by atoms with Crippen molar-refractivity contribution in [3.05, 3.63) is 102 Å². The van der Waals surface area contributed by atoms with Gasteiger partial charge in [0.1, 0.15) is 11.3 Å². The van der Waals surface area contributed by atoms with E-state index in [2.05, 4.69) is 22.4 Å². The topological polar surface area (TPSA) is 64.4 Å². The lowest BCUT2D eigenvalue weighted by Crippen LogP contribution is -2.20. The Bertz CT molecular complexity index is 1460. The monoisotopic (exact) mass is 468 g/mol. The maximum Gasteiger partial charge on any atom is 0.262 e. The molecule has 5 nitrogen and oxygen atoms in total. The first-order valence-corrected chi connectivity index (χ1v) is 11.2. The van der Waals surface area contributed by atoms with Crippen LogP contribution >= 0.6 is 11.6 Å². The summed E-state index contributed by atoms with van der Waals surface area (Å²) >= 11 is 5.96. The maximum atomic E-state index is 12.4. The predicted molar refractivity (Wildman–Crippen MR) is 135 cm³/mol. The minimum atomic E-state index is -0.270. The number of carbonyl (C=O) groups is 1. The largest absolute Gasteiger partial charge is 0.483 e. The molecule has 6 heteroatoms. The van der Waals surface area contributed by atoms with Gasteiger partial charge in [-0.25, -0.2) is 4.98 Å². The molecular formula is C28H21ClN2O3. The predicted octanol–water partition coefficient (Wildman–Crippen LogP) is 7.14. The summed E-state index contributed by atoms with van der Waals surface area (Å²) in [6, 6.07) is 28.9. The van der Waals surface area contributed by atoms with E-state index >= 15 is 0 Å². The van der Waals surface area contributed by atoms with Crippen molar-refractivity contribution in [2.24, 2.45) is 0 Å². The molecule has 0 saturated carbocycles. The fraction of sp³-hybridized carbons (Fsp3) is 0.0714. The highest BCUT2D eigenvalue weighted by molar-refractivity contribution is 6.30. The van der Waals surface area contributed by atoms with Crippen LogP contribution in [0.1, 0.15) is 5.56 Å². The van der Waals surface area contributed by atoms with E-state index in [-0.39, 0.29) is 12.5 Å². The lowest BCUT2D eigenvalue weighted by molar-refractivity contribution is -0.118. The molecule has 1 heterocycles. The molecule has 1 aromatic heterocycles. The van der Waals surface area contributed by atoms with Gasteiger partial charge < -0.3 is 14.5 Å². The van der Waals surface area contributed by atoms with E-state index in [0.29, 0.717) is 33.4 Å². The number of hydrogen-bond donors (Lipinski definition) is 1. The Hall–Kier alpha value is -4.09. The van der Waals surface area contributed by atoms with Crippen LogP contribution in [0.25, 0.3) is 33.7 Å². The first-order chi connectivity index (χ1) is 16.5. The van der Waals surface area contributed by atoms with E-state index in [4.69, 9.17) is 20.8 Å². The molecule has 0 bridgehead atoms. The highest BCUT2D eigenvalue weighted by Crippen LogP contribution is 2.28. The SMILES string of the molecule is Cc1cc(Cl)ccc1OCC(=O)Nc1ccc2oc(-c3ccc(-c4ccccc4)cc3)nc2c1. The summed E-state index contributed by atoms with van der Waals surface area (Å²) in [5.41, 5.74) is 5.96. The number of anilines is 1. The zero-order valence-electron chi connectivity index (χ0n) is 18.4. The number of carbonyl (C=O) groups excluding carboxylic acids is 1. The van der Waals surface area contributed by atoms with E-state index in [1.54, 1.807) is 36.4 Å². The number of rotatable bonds is 6. The minimum absolute atomic E-state index is 0.113. The summed E-state index contributed by atoms with van der Waals surface area (Å²) < 4.78 is 11.5. The normalized spacial score (nSPS) is 10.9. The second-order valence-corrected chi connectivity index (χ2v) is 8.33. The third-order valence-corrected chi connectivity index (χ3v) is 5.64. The van der Waals surface area contributed by atoms with Crippen LogP contribution in [0, 0.1) is 6.92 Å². The second-order valence-electron chi connectivity index (χ2n) is 7.89. The van der Waals surface area contributed by atoms with Crippen LogP contribution in [0.15, 0.2) is 95.4 Å². The zero-order valence-corrected chi connectivity index (χ0v) is 19.2. The molecule has 0 aliphatic rings. The molecule has 4 aromatic carbocycles. The molecule has 1 N–H and O–H groups in total. The van der Waals surface area contributed by atoms with Crippen molar-refractivity contribution in [2.45, 2.75) is 6.92 Å². The van der Waals surface area contributed by atoms with Gasteiger partial charge in [0, 0.05) is 16.3 Å². The molecule has 0 fully saturated rings. The Morgan fingerprint density at radius 2 is 1.65 bits per heavy atom. The molecule has 1 amide bonds. The number of hydrogen-bond acceptors (Lipinski definition) is 4. The number of benzene rings is 4. The molecule has 5 aromatic rings. The zero-order chi connectivity index (χ0) is 23.5. The molecule has 0 spiro atoms. The highest BCUT2D eigenvalue weighted by Gasteiger charge is 2.11. The van der Waals surface area contributed by atoms with Crippen molar-refractivity contribution in [1.29, 1.82) is 0 Å². The van der Waals surface area contributed by atoms with Crippen LogP contribution in [0.5, 0.6) is 5.75 Å².